The van der Waals surface area contributed by atoms with E-state index in [0.29, 0.717) is 0 Å². The Labute approximate surface area is 109 Å². The summed E-state index contributed by atoms with van der Waals surface area (Å²) in [6, 6.07) is 7.02. The Morgan fingerprint density at radius 2 is 1.89 bits per heavy atom. The molecule has 1 aromatic carbocycles. The number of hydrogen-bond acceptors (Lipinski definition) is 3. The van der Waals surface area contributed by atoms with Crippen LogP contribution in [0.1, 0.15) is 32.4 Å². The summed E-state index contributed by atoms with van der Waals surface area (Å²) in [5.74, 6) is 0.752. The van der Waals surface area contributed by atoms with Crippen LogP contribution in [0.3, 0.4) is 0 Å². The molecule has 0 radical (unpaired) electrons. The van der Waals surface area contributed by atoms with Crippen LogP contribution in [0.25, 0.3) is 0 Å². The first-order chi connectivity index (χ1) is 8.47. The van der Waals surface area contributed by atoms with Gasteiger partial charge in [0.1, 0.15) is 5.75 Å². The van der Waals surface area contributed by atoms with Crippen molar-refractivity contribution in [3.63, 3.8) is 0 Å². The Bertz CT molecular complexity index is 405. The van der Waals surface area contributed by atoms with Gasteiger partial charge >= 0.3 is 0 Å². The summed E-state index contributed by atoms with van der Waals surface area (Å²) in [6.07, 6.45) is 0. The molecular formula is C14H22N2O2. The van der Waals surface area contributed by atoms with E-state index in [1.807, 2.05) is 45.0 Å². The molecule has 100 valence electrons. The fourth-order valence-corrected chi connectivity index (χ4v) is 1.71. The van der Waals surface area contributed by atoms with Gasteiger partial charge in [0.05, 0.1) is 19.2 Å². The van der Waals surface area contributed by atoms with Gasteiger partial charge in [-0.2, -0.15) is 0 Å². The van der Waals surface area contributed by atoms with Crippen molar-refractivity contribution in [2.45, 2.75) is 32.9 Å². The topological polar surface area (TPSA) is 64.3 Å². The van der Waals surface area contributed by atoms with Gasteiger partial charge in [-0.15, -0.1) is 0 Å². The minimum absolute atomic E-state index is 0.120. The Morgan fingerprint density at radius 1 is 1.28 bits per heavy atom. The van der Waals surface area contributed by atoms with Crippen LogP contribution in [0.5, 0.6) is 5.75 Å². The second kappa shape index (κ2) is 6.40. The molecule has 1 amide bonds. The quantitative estimate of drug-likeness (QED) is 0.838. The maximum absolute atomic E-state index is 11.9. The van der Waals surface area contributed by atoms with Gasteiger partial charge in [0, 0.05) is 5.56 Å². The molecular weight excluding hydrogens is 228 g/mol. The number of para-hydroxylation sites is 1. The predicted molar refractivity (Wildman–Crippen MR) is 72.4 cm³/mol. The van der Waals surface area contributed by atoms with Crippen LogP contribution in [0.2, 0.25) is 0 Å². The lowest BCUT2D eigenvalue weighted by Crippen LogP contribution is -2.44. The maximum Gasteiger partial charge on any atom is 0.237 e. The first kappa shape index (κ1) is 14.5. The van der Waals surface area contributed by atoms with Crippen LogP contribution in [-0.2, 0) is 4.79 Å². The number of carbonyl (C=O) groups excluding carboxylic acids is 1. The average molecular weight is 250 g/mol. The smallest absolute Gasteiger partial charge is 0.237 e. The second-order valence-corrected chi connectivity index (χ2v) is 4.74. The van der Waals surface area contributed by atoms with Gasteiger partial charge < -0.3 is 15.8 Å². The van der Waals surface area contributed by atoms with Crippen LogP contribution in [0, 0.1) is 5.92 Å². The molecule has 2 unspecified atom stereocenters. The summed E-state index contributed by atoms with van der Waals surface area (Å²) in [4.78, 5) is 11.9. The molecule has 1 rings (SSSR count). The lowest BCUT2D eigenvalue weighted by atomic mass is 10.0. The molecule has 0 aromatic heterocycles. The molecule has 0 spiro atoms. The van der Waals surface area contributed by atoms with Gasteiger partial charge in [-0.25, -0.2) is 0 Å². The summed E-state index contributed by atoms with van der Waals surface area (Å²) >= 11 is 0. The zero-order valence-corrected chi connectivity index (χ0v) is 11.4. The number of methoxy groups -OCH3 is 1. The number of rotatable bonds is 5. The van der Waals surface area contributed by atoms with Gasteiger partial charge in [0.25, 0.3) is 0 Å². The van der Waals surface area contributed by atoms with Crippen molar-refractivity contribution >= 4 is 5.91 Å². The highest BCUT2D eigenvalue weighted by Gasteiger charge is 2.20. The van der Waals surface area contributed by atoms with Crippen LogP contribution < -0.4 is 15.8 Å². The Balaban J connectivity index is 2.76. The van der Waals surface area contributed by atoms with Crippen molar-refractivity contribution in [3.05, 3.63) is 29.8 Å². The molecule has 0 saturated heterocycles. The maximum atomic E-state index is 11.9. The summed E-state index contributed by atoms with van der Waals surface area (Å²) < 4.78 is 5.27. The van der Waals surface area contributed by atoms with E-state index >= 15 is 0 Å². The minimum atomic E-state index is -0.484. The van der Waals surface area contributed by atoms with Gasteiger partial charge in [-0.3, -0.25) is 4.79 Å². The Kier molecular flexibility index (Phi) is 5.16. The molecule has 0 aliphatic rings. The second-order valence-electron chi connectivity index (χ2n) is 4.74. The molecule has 0 aliphatic heterocycles. The molecule has 2 atom stereocenters. The number of benzene rings is 1. The highest BCUT2D eigenvalue weighted by Crippen LogP contribution is 2.24. The predicted octanol–water partition coefficient (Wildman–Crippen LogP) is 1.86. The molecule has 18 heavy (non-hydrogen) atoms. The van der Waals surface area contributed by atoms with Crippen LogP contribution in [0.4, 0.5) is 0 Å². The van der Waals surface area contributed by atoms with Gasteiger partial charge in [-0.05, 0) is 18.9 Å². The highest BCUT2D eigenvalue weighted by atomic mass is 16.5. The summed E-state index contributed by atoms with van der Waals surface area (Å²) in [5, 5.41) is 2.91. The number of nitrogens with one attached hydrogen (secondary N) is 1. The van der Waals surface area contributed by atoms with E-state index in [0.717, 1.165) is 11.3 Å². The van der Waals surface area contributed by atoms with Crippen LogP contribution in [-0.4, -0.2) is 19.1 Å². The Morgan fingerprint density at radius 3 is 2.44 bits per heavy atom. The van der Waals surface area contributed by atoms with E-state index in [1.165, 1.54) is 0 Å². The first-order valence-electron chi connectivity index (χ1n) is 6.16. The third-order valence-electron chi connectivity index (χ3n) is 2.99. The number of carbonyl (C=O) groups is 1. The van der Waals surface area contributed by atoms with E-state index < -0.39 is 6.04 Å². The molecule has 3 N–H and O–H groups in total. The third-order valence-corrected chi connectivity index (χ3v) is 2.99. The van der Waals surface area contributed by atoms with E-state index in [2.05, 4.69) is 5.32 Å². The summed E-state index contributed by atoms with van der Waals surface area (Å²) in [5.41, 5.74) is 6.76. The SMILES string of the molecule is COc1ccccc1C(C)NC(=O)C(N)C(C)C. The number of hydrogen-bond donors (Lipinski definition) is 2. The lowest BCUT2D eigenvalue weighted by molar-refractivity contribution is -0.123. The lowest BCUT2D eigenvalue weighted by Gasteiger charge is -2.21. The van der Waals surface area contributed by atoms with Crippen molar-refractivity contribution < 1.29 is 9.53 Å². The van der Waals surface area contributed by atoms with E-state index in [9.17, 15) is 4.79 Å². The zero-order chi connectivity index (χ0) is 13.7. The fourth-order valence-electron chi connectivity index (χ4n) is 1.71. The summed E-state index contributed by atoms with van der Waals surface area (Å²) in [6.45, 7) is 5.78. The standard InChI is InChI=1S/C14H22N2O2/c1-9(2)13(15)14(17)16-10(3)11-7-5-6-8-12(11)18-4/h5-10,13H,15H2,1-4H3,(H,16,17). The van der Waals surface area contributed by atoms with Crippen molar-refractivity contribution in [2.75, 3.05) is 7.11 Å². The number of ether oxygens (including phenoxy) is 1. The highest BCUT2D eigenvalue weighted by molar-refractivity contribution is 5.82. The van der Waals surface area contributed by atoms with Crippen molar-refractivity contribution in [2.24, 2.45) is 11.7 Å². The number of nitrogens with two attached hydrogens (primary N) is 1. The van der Waals surface area contributed by atoms with Crippen LogP contribution in [0.15, 0.2) is 24.3 Å². The third kappa shape index (κ3) is 3.47. The Hall–Kier alpha value is -1.55. The summed E-state index contributed by atoms with van der Waals surface area (Å²) in [7, 11) is 1.62. The largest absolute Gasteiger partial charge is 0.496 e. The first-order valence-corrected chi connectivity index (χ1v) is 6.16. The molecule has 0 heterocycles. The molecule has 0 fully saturated rings. The zero-order valence-electron chi connectivity index (χ0n) is 11.4. The molecule has 1 aromatic rings. The molecule has 4 nitrogen and oxygen atoms in total. The average Bonchev–Trinajstić information content (AvgIpc) is 2.37. The van der Waals surface area contributed by atoms with Crippen molar-refractivity contribution in [3.8, 4) is 5.75 Å². The van der Waals surface area contributed by atoms with Gasteiger partial charge in [0.15, 0.2) is 0 Å². The minimum Gasteiger partial charge on any atom is -0.496 e. The molecule has 4 heteroatoms. The molecule has 0 saturated carbocycles. The van der Waals surface area contributed by atoms with Gasteiger partial charge in [-0.1, -0.05) is 32.0 Å². The van der Waals surface area contributed by atoms with Crippen LogP contribution >= 0.6 is 0 Å². The monoisotopic (exact) mass is 250 g/mol. The molecule has 0 aliphatic carbocycles. The van der Waals surface area contributed by atoms with E-state index in [-0.39, 0.29) is 17.9 Å². The molecule has 0 bridgehead atoms. The van der Waals surface area contributed by atoms with E-state index in [1.54, 1.807) is 7.11 Å². The van der Waals surface area contributed by atoms with Crippen molar-refractivity contribution in [1.82, 2.24) is 5.32 Å². The fraction of sp³-hybridized carbons (Fsp3) is 0.500. The van der Waals surface area contributed by atoms with Gasteiger partial charge in [0.2, 0.25) is 5.91 Å². The van der Waals surface area contributed by atoms with E-state index in [4.69, 9.17) is 10.5 Å². The number of amides is 1. The van der Waals surface area contributed by atoms with Crippen molar-refractivity contribution in [1.29, 1.82) is 0 Å². The normalized spacial score (nSPS) is 14.1.